The number of carbonyl (C=O) groups excluding carboxylic acids is 1. The molecule has 0 unspecified atom stereocenters. The number of carbonyl (C=O) groups is 1. The molecule has 0 aliphatic heterocycles. The fraction of sp³-hybridized carbons (Fsp3) is 0.318. The molecule has 6 heteroatoms. The third-order valence-electron chi connectivity index (χ3n) is 4.83. The van der Waals surface area contributed by atoms with Crippen LogP contribution in [0.15, 0.2) is 53.6 Å². The van der Waals surface area contributed by atoms with Gasteiger partial charge in [-0.25, -0.2) is 4.98 Å². The maximum atomic E-state index is 12.6. The van der Waals surface area contributed by atoms with Crippen LogP contribution in [0.1, 0.15) is 17.5 Å². The highest BCUT2D eigenvalue weighted by Gasteiger charge is 2.11. The zero-order valence-corrected chi connectivity index (χ0v) is 16.5. The SMILES string of the molecule is Cc1ccccc1OCCN(C)C(=O)CCn1cnc2c(C)cccc2c1=O. The molecule has 0 aliphatic carbocycles. The van der Waals surface area contributed by atoms with E-state index in [0.29, 0.717) is 30.6 Å². The summed E-state index contributed by atoms with van der Waals surface area (Å²) in [6, 6.07) is 13.3. The number of nitrogens with zero attached hydrogens (tertiary/aromatic N) is 3. The summed E-state index contributed by atoms with van der Waals surface area (Å²) in [5.74, 6) is 0.789. The maximum absolute atomic E-state index is 12.6. The van der Waals surface area contributed by atoms with Crippen molar-refractivity contribution in [1.29, 1.82) is 0 Å². The van der Waals surface area contributed by atoms with Crippen LogP contribution in [0.3, 0.4) is 0 Å². The Bertz CT molecular complexity index is 1040. The summed E-state index contributed by atoms with van der Waals surface area (Å²) in [4.78, 5) is 31.0. The minimum Gasteiger partial charge on any atom is -0.491 e. The third kappa shape index (κ3) is 4.39. The lowest BCUT2D eigenvalue weighted by atomic mass is 10.1. The molecule has 0 saturated carbocycles. The number of likely N-dealkylation sites (N-methyl/N-ethyl adjacent to an activating group) is 1. The zero-order chi connectivity index (χ0) is 20.1. The first-order chi connectivity index (χ1) is 13.5. The predicted octanol–water partition coefficient (Wildman–Crippen LogP) is 2.94. The van der Waals surface area contributed by atoms with Crippen molar-refractivity contribution in [1.82, 2.24) is 14.5 Å². The van der Waals surface area contributed by atoms with Crippen LogP contribution >= 0.6 is 0 Å². The number of rotatable bonds is 7. The minimum atomic E-state index is -0.118. The number of fused-ring (bicyclic) bond motifs is 1. The Hall–Kier alpha value is -3.15. The van der Waals surface area contributed by atoms with Gasteiger partial charge in [-0.3, -0.25) is 14.2 Å². The van der Waals surface area contributed by atoms with Crippen LogP contribution in [-0.4, -0.2) is 40.6 Å². The lowest BCUT2D eigenvalue weighted by Crippen LogP contribution is -2.32. The molecule has 0 bridgehead atoms. The number of ether oxygens (including phenoxy) is 1. The Labute approximate surface area is 164 Å². The highest BCUT2D eigenvalue weighted by atomic mass is 16.5. The summed E-state index contributed by atoms with van der Waals surface area (Å²) < 4.78 is 7.24. The lowest BCUT2D eigenvalue weighted by Gasteiger charge is -2.18. The third-order valence-corrected chi connectivity index (χ3v) is 4.83. The molecule has 0 atom stereocenters. The first kappa shape index (κ1) is 19.6. The molecule has 1 amide bonds. The largest absolute Gasteiger partial charge is 0.491 e. The van der Waals surface area contributed by atoms with Crippen LogP contribution in [0.5, 0.6) is 5.75 Å². The molecule has 0 N–H and O–H groups in total. The van der Waals surface area contributed by atoms with Crippen molar-refractivity contribution in [3.05, 3.63) is 70.3 Å². The lowest BCUT2D eigenvalue weighted by molar-refractivity contribution is -0.130. The summed E-state index contributed by atoms with van der Waals surface area (Å²) in [5.41, 5.74) is 2.62. The van der Waals surface area contributed by atoms with Gasteiger partial charge < -0.3 is 9.64 Å². The van der Waals surface area contributed by atoms with E-state index in [1.165, 1.54) is 10.9 Å². The van der Waals surface area contributed by atoms with Gasteiger partial charge in [0, 0.05) is 20.0 Å². The first-order valence-electron chi connectivity index (χ1n) is 9.34. The van der Waals surface area contributed by atoms with Crippen LogP contribution in [-0.2, 0) is 11.3 Å². The van der Waals surface area contributed by atoms with Gasteiger partial charge in [-0.15, -0.1) is 0 Å². The van der Waals surface area contributed by atoms with Crippen LogP contribution in [0, 0.1) is 13.8 Å². The number of hydrogen-bond acceptors (Lipinski definition) is 4. The molecule has 1 aromatic heterocycles. The molecule has 0 fully saturated rings. The van der Waals surface area contributed by atoms with E-state index in [1.807, 2.05) is 50.2 Å². The van der Waals surface area contributed by atoms with Crippen molar-refractivity contribution in [2.45, 2.75) is 26.8 Å². The number of benzene rings is 2. The minimum absolute atomic E-state index is 0.0374. The van der Waals surface area contributed by atoms with E-state index in [-0.39, 0.29) is 17.9 Å². The molecule has 6 nitrogen and oxygen atoms in total. The molecular formula is C22H25N3O3. The molecule has 28 heavy (non-hydrogen) atoms. The van der Waals surface area contributed by atoms with Gasteiger partial charge in [-0.05, 0) is 37.1 Å². The zero-order valence-electron chi connectivity index (χ0n) is 16.5. The van der Waals surface area contributed by atoms with Gasteiger partial charge in [0.25, 0.3) is 5.56 Å². The molecule has 0 spiro atoms. The fourth-order valence-corrected chi connectivity index (χ4v) is 3.04. The highest BCUT2D eigenvalue weighted by molar-refractivity contribution is 5.80. The van der Waals surface area contributed by atoms with Crippen molar-refractivity contribution in [3.8, 4) is 5.75 Å². The molecular weight excluding hydrogens is 354 g/mol. The van der Waals surface area contributed by atoms with Crippen LogP contribution in [0.4, 0.5) is 0 Å². The van der Waals surface area contributed by atoms with E-state index in [1.54, 1.807) is 18.0 Å². The van der Waals surface area contributed by atoms with Gasteiger partial charge in [-0.2, -0.15) is 0 Å². The Kier molecular flexibility index (Phi) is 6.09. The standard InChI is InChI=1S/C22H25N3O3/c1-16-7-4-5-10-19(16)28-14-13-24(3)20(26)11-12-25-15-23-21-17(2)8-6-9-18(21)22(25)27/h4-10,15H,11-14H2,1-3H3. The molecule has 0 radical (unpaired) electrons. The Morgan fingerprint density at radius 3 is 2.64 bits per heavy atom. The molecule has 0 saturated heterocycles. The monoisotopic (exact) mass is 379 g/mol. The van der Waals surface area contributed by atoms with E-state index in [0.717, 1.165) is 16.9 Å². The van der Waals surface area contributed by atoms with E-state index >= 15 is 0 Å². The van der Waals surface area contributed by atoms with Gasteiger partial charge in [0.15, 0.2) is 0 Å². The summed E-state index contributed by atoms with van der Waals surface area (Å²) in [5, 5.41) is 0.579. The Balaban J connectivity index is 1.55. The number of aryl methyl sites for hydroxylation is 3. The fourth-order valence-electron chi connectivity index (χ4n) is 3.04. The topological polar surface area (TPSA) is 64.4 Å². The van der Waals surface area contributed by atoms with Gasteiger partial charge in [-0.1, -0.05) is 30.3 Å². The molecule has 2 aromatic carbocycles. The summed E-state index contributed by atoms with van der Waals surface area (Å²) in [7, 11) is 1.74. The van der Waals surface area contributed by atoms with Gasteiger partial charge >= 0.3 is 0 Å². The number of hydrogen-bond donors (Lipinski definition) is 0. The molecule has 1 heterocycles. The number of aromatic nitrogens is 2. The van der Waals surface area contributed by atoms with Gasteiger partial charge in [0.05, 0.1) is 23.8 Å². The summed E-state index contributed by atoms with van der Waals surface area (Å²) in [6.45, 7) is 5.12. The average Bonchev–Trinajstić information content (AvgIpc) is 2.69. The van der Waals surface area contributed by atoms with Crippen LogP contribution in [0.2, 0.25) is 0 Å². The molecule has 3 rings (SSSR count). The molecule has 0 aliphatic rings. The normalized spacial score (nSPS) is 10.8. The highest BCUT2D eigenvalue weighted by Crippen LogP contribution is 2.16. The molecule has 146 valence electrons. The molecule has 3 aromatic rings. The Morgan fingerprint density at radius 2 is 1.86 bits per heavy atom. The van der Waals surface area contributed by atoms with Crippen LogP contribution < -0.4 is 10.3 Å². The van der Waals surface area contributed by atoms with Crippen molar-refractivity contribution in [2.24, 2.45) is 0 Å². The van der Waals surface area contributed by atoms with E-state index < -0.39 is 0 Å². The van der Waals surface area contributed by atoms with Crippen molar-refractivity contribution < 1.29 is 9.53 Å². The predicted molar refractivity (Wildman–Crippen MR) is 110 cm³/mol. The second kappa shape index (κ2) is 8.69. The quantitative estimate of drug-likeness (QED) is 0.633. The smallest absolute Gasteiger partial charge is 0.261 e. The van der Waals surface area contributed by atoms with E-state index in [4.69, 9.17) is 4.74 Å². The summed E-state index contributed by atoms with van der Waals surface area (Å²) >= 11 is 0. The second-order valence-electron chi connectivity index (χ2n) is 6.89. The van der Waals surface area contributed by atoms with E-state index in [9.17, 15) is 9.59 Å². The Morgan fingerprint density at radius 1 is 1.11 bits per heavy atom. The van der Waals surface area contributed by atoms with Gasteiger partial charge in [0.2, 0.25) is 5.91 Å². The van der Waals surface area contributed by atoms with E-state index in [2.05, 4.69) is 4.98 Å². The first-order valence-corrected chi connectivity index (χ1v) is 9.34. The maximum Gasteiger partial charge on any atom is 0.261 e. The number of amides is 1. The number of para-hydroxylation sites is 2. The average molecular weight is 379 g/mol. The summed E-state index contributed by atoms with van der Waals surface area (Å²) in [6.07, 6.45) is 1.76. The van der Waals surface area contributed by atoms with Crippen molar-refractivity contribution in [2.75, 3.05) is 20.2 Å². The van der Waals surface area contributed by atoms with Crippen LogP contribution in [0.25, 0.3) is 10.9 Å². The second-order valence-corrected chi connectivity index (χ2v) is 6.89. The van der Waals surface area contributed by atoms with Gasteiger partial charge in [0.1, 0.15) is 12.4 Å². The van der Waals surface area contributed by atoms with Crippen molar-refractivity contribution >= 4 is 16.8 Å². The van der Waals surface area contributed by atoms with Crippen molar-refractivity contribution in [3.63, 3.8) is 0 Å².